The van der Waals surface area contributed by atoms with Crippen molar-refractivity contribution in [2.75, 3.05) is 0 Å². The van der Waals surface area contributed by atoms with Crippen LogP contribution in [0.25, 0.3) is 10.8 Å². The van der Waals surface area contributed by atoms with Gasteiger partial charge in [-0.15, -0.1) is 0 Å². The summed E-state index contributed by atoms with van der Waals surface area (Å²) in [6, 6.07) is 10.7. The summed E-state index contributed by atoms with van der Waals surface area (Å²) >= 11 is 0. The van der Waals surface area contributed by atoms with Gasteiger partial charge in [-0.25, -0.2) is 0 Å². The fourth-order valence-electron chi connectivity index (χ4n) is 2.01. The molecule has 2 aromatic carbocycles. The average Bonchev–Trinajstić information content (AvgIpc) is 2.32. The Morgan fingerprint density at radius 2 is 1.67 bits per heavy atom. The van der Waals surface area contributed by atoms with E-state index in [0.717, 1.165) is 16.3 Å². The summed E-state index contributed by atoms with van der Waals surface area (Å²) in [5.41, 5.74) is 1.52. The van der Waals surface area contributed by atoms with Crippen LogP contribution in [0.4, 0.5) is 13.2 Å². The Morgan fingerprint density at radius 3 is 2.28 bits per heavy atom. The molecule has 0 amide bonds. The van der Waals surface area contributed by atoms with Crippen molar-refractivity contribution >= 4 is 10.8 Å². The van der Waals surface area contributed by atoms with Gasteiger partial charge in [0.25, 0.3) is 0 Å². The fraction of sp³-hybridized carbons (Fsp3) is 0.286. The summed E-state index contributed by atoms with van der Waals surface area (Å²) in [5, 5.41) is 10.8. The van der Waals surface area contributed by atoms with Crippen molar-refractivity contribution in [1.29, 1.82) is 0 Å². The van der Waals surface area contributed by atoms with Gasteiger partial charge in [-0.3, -0.25) is 0 Å². The standard InChI is InChI=1S/C14H13F3O/c1-9-6-7-10(8-13(18)14(15,16)17)12-5-3-2-4-11(9)12/h2-7,13,18H,8H2,1H3. The minimum atomic E-state index is -4.58. The zero-order chi connectivity index (χ0) is 13.3. The number of alkyl halides is 3. The second-order valence-corrected chi connectivity index (χ2v) is 4.35. The minimum Gasteiger partial charge on any atom is -0.383 e. The molecule has 0 bridgehead atoms. The highest BCUT2D eigenvalue weighted by Crippen LogP contribution is 2.27. The zero-order valence-electron chi connectivity index (χ0n) is 9.83. The van der Waals surface area contributed by atoms with Gasteiger partial charge in [0.2, 0.25) is 0 Å². The van der Waals surface area contributed by atoms with Crippen LogP contribution in [0.3, 0.4) is 0 Å². The molecule has 0 aromatic heterocycles. The van der Waals surface area contributed by atoms with Crippen LogP contribution < -0.4 is 0 Å². The largest absolute Gasteiger partial charge is 0.414 e. The minimum absolute atomic E-state index is 0.412. The SMILES string of the molecule is Cc1ccc(CC(O)C(F)(F)F)c2ccccc12. The van der Waals surface area contributed by atoms with E-state index in [1.807, 2.05) is 19.1 Å². The molecule has 0 aliphatic carbocycles. The zero-order valence-corrected chi connectivity index (χ0v) is 9.83. The maximum atomic E-state index is 12.4. The summed E-state index contributed by atoms with van der Waals surface area (Å²) in [5.74, 6) is 0. The molecule has 96 valence electrons. The third-order valence-electron chi connectivity index (χ3n) is 3.02. The number of rotatable bonds is 2. The molecular formula is C14H13F3O. The first kappa shape index (κ1) is 12.9. The number of fused-ring (bicyclic) bond motifs is 1. The van der Waals surface area contributed by atoms with Crippen molar-refractivity contribution in [3.63, 3.8) is 0 Å². The topological polar surface area (TPSA) is 20.2 Å². The number of hydrogen-bond donors (Lipinski definition) is 1. The Morgan fingerprint density at radius 1 is 1.06 bits per heavy atom. The second-order valence-electron chi connectivity index (χ2n) is 4.35. The molecule has 0 fully saturated rings. The lowest BCUT2D eigenvalue weighted by molar-refractivity contribution is -0.202. The number of aliphatic hydroxyl groups excluding tert-OH is 1. The van der Waals surface area contributed by atoms with E-state index in [0.29, 0.717) is 5.56 Å². The smallest absolute Gasteiger partial charge is 0.383 e. The first-order chi connectivity index (χ1) is 8.39. The third-order valence-corrected chi connectivity index (χ3v) is 3.02. The molecule has 0 radical (unpaired) electrons. The summed E-state index contributed by atoms with van der Waals surface area (Å²) < 4.78 is 37.1. The highest BCUT2D eigenvalue weighted by atomic mass is 19.4. The highest BCUT2D eigenvalue weighted by molar-refractivity contribution is 5.88. The van der Waals surface area contributed by atoms with Crippen molar-refractivity contribution in [2.24, 2.45) is 0 Å². The molecule has 1 unspecified atom stereocenters. The van der Waals surface area contributed by atoms with E-state index in [-0.39, 0.29) is 0 Å². The first-order valence-corrected chi connectivity index (χ1v) is 5.61. The Balaban J connectivity index is 2.44. The Kier molecular flexibility index (Phi) is 3.30. The van der Waals surface area contributed by atoms with Gasteiger partial charge in [0.15, 0.2) is 6.10 Å². The summed E-state index contributed by atoms with van der Waals surface area (Å²) in [4.78, 5) is 0. The van der Waals surface area contributed by atoms with Gasteiger partial charge in [-0.05, 0) is 28.8 Å². The van der Waals surface area contributed by atoms with Crippen molar-refractivity contribution in [1.82, 2.24) is 0 Å². The molecule has 2 rings (SSSR count). The van der Waals surface area contributed by atoms with Gasteiger partial charge in [0.05, 0.1) is 0 Å². The lowest BCUT2D eigenvalue weighted by Crippen LogP contribution is -2.30. The van der Waals surface area contributed by atoms with Crippen LogP contribution in [0.2, 0.25) is 0 Å². The second kappa shape index (κ2) is 4.61. The molecule has 0 saturated carbocycles. The molecule has 0 aliphatic heterocycles. The van der Waals surface area contributed by atoms with Crippen LogP contribution in [-0.2, 0) is 6.42 Å². The molecule has 18 heavy (non-hydrogen) atoms. The molecule has 0 spiro atoms. The van der Waals surface area contributed by atoms with Gasteiger partial charge in [-0.2, -0.15) is 13.2 Å². The van der Waals surface area contributed by atoms with Gasteiger partial charge in [-0.1, -0.05) is 36.4 Å². The molecule has 1 N–H and O–H groups in total. The molecule has 1 nitrogen and oxygen atoms in total. The molecule has 1 atom stereocenters. The molecule has 2 aromatic rings. The van der Waals surface area contributed by atoms with Crippen molar-refractivity contribution in [3.05, 3.63) is 47.5 Å². The lowest BCUT2D eigenvalue weighted by atomic mass is 9.97. The predicted molar refractivity (Wildman–Crippen MR) is 64.5 cm³/mol. The molecule has 0 saturated heterocycles. The number of aliphatic hydroxyl groups is 1. The molecule has 0 heterocycles. The summed E-state index contributed by atoms with van der Waals surface area (Å²) in [6.45, 7) is 1.91. The Bertz CT molecular complexity index is 560. The van der Waals surface area contributed by atoms with E-state index in [4.69, 9.17) is 5.11 Å². The van der Waals surface area contributed by atoms with E-state index in [2.05, 4.69) is 0 Å². The maximum Gasteiger partial charge on any atom is 0.414 e. The van der Waals surface area contributed by atoms with E-state index < -0.39 is 18.7 Å². The van der Waals surface area contributed by atoms with E-state index in [1.165, 1.54) is 0 Å². The summed E-state index contributed by atoms with van der Waals surface area (Å²) in [6.07, 6.45) is -7.31. The Labute approximate surface area is 103 Å². The number of hydrogen-bond acceptors (Lipinski definition) is 1. The Hall–Kier alpha value is -1.55. The molecular weight excluding hydrogens is 241 g/mol. The third kappa shape index (κ3) is 2.48. The van der Waals surface area contributed by atoms with E-state index in [9.17, 15) is 13.2 Å². The number of halogens is 3. The number of aryl methyl sites for hydroxylation is 1. The van der Waals surface area contributed by atoms with Crippen LogP contribution >= 0.6 is 0 Å². The van der Waals surface area contributed by atoms with Crippen LogP contribution in [-0.4, -0.2) is 17.4 Å². The lowest BCUT2D eigenvalue weighted by Gasteiger charge is -2.16. The van der Waals surface area contributed by atoms with Crippen LogP contribution in [0.5, 0.6) is 0 Å². The summed E-state index contributed by atoms with van der Waals surface area (Å²) in [7, 11) is 0. The van der Waals surface area contributed by atoms with Gasteiger partial charge >= 0.3 is 6.18 Å². The van der Waals surface area contributed by atoms with E-state index in [1.54, 1.807) is 24.3 Å². The number of benzene rings is 2. The van der Waals surface area contributed by atoms with Crippen LogP contribution in [0, 0.1) is 6.92 Å². The fourth-order valence-corrected chi connectivity index (χ4v) is 2.01. The van der Waals surface area contributed by atoms with Gasteiger partial charge < -0.3 is 5.11 Å². The first-order valence-electron chi connectivity index (χ1n) is 5.61. The predicted octanol–water partition coefficient (Wildman–Crippen LogP) is 3.61. The monoisotopic (exact) mass is 254 g/mol. The average molecular weight is 254 g/mol. The maximum absolute atomic E-state index is 12.4. The molecule has 0 aliphatic rings. The molecule has 4 heteroatoms. The van der Waals surface area contributed by atoms with Gasteiger partial charge in [0, 0.05) is 6.42 Å². The van der Waals surface area contributed by atoms with Crippen molar-refractivity contribution < 1.29 is 18.3 Å². The normalized spacial score (nSPS) is 13.8. The van der Waals surface area contributed by atoms with Crippen molar-refractivity contribution in [3.8, 4) is 0 Å². The van der Waals surface area contributed by atoms with Crippen LogP contribution in [0.1, 0.15) is 11.1 Å². The highest BCUT2D eigenvalue weighted by Gasteiger charge is 2.38. The quantitative estimate of drug-likeness (QED) is 0.868. The van der Waals surface area contributed by atoms with Crippen LogP contribution in [0.15, 0.2) is 36.4 Å². The van der Waals surface area contributed by atoms with Gasteiger partial charge in [0.1, 0.15) is 0 Å². The van der Waals surface area contributed by atoms with Crippen molar-refractivity contribution in [2.45, 2.75) is 25.6 Å². The van der Waals surface area contributed by atoms with E-state index >= 15 is 0 Å².